The van der Waals surface area contributed by atoms with E-state index in [4.69, 9.17) is 9.05 Å². The SMILES string of the molecule is CCC(CC)P(=O)(Oc1ccccc1)Oc1cccc(C)c1. The molecular weight excluding hydrogens is 295 g/mol. The highest BCUT2D eigenvalue weighted by atomic mass is 31.2. The topological polar surface area (TPSA) is 35.5 Å². The maximum atomic E-state index is 13.4. The van der Waals surface area contributed by atoms with Gasteiger partial charge in [0.25, 0.3) is 0 Å². The van der Waals surface area contributed by atoms with Crippen molar-refractivity contribution in [2.24, 2.45) is 0 Å². The molecule has 0 aromatic heterocycles. The first-order valence-corrected chi connectivity index (χ1v) is 9.29. The maximum absolute atomic E-state index is 13.4. The third-order valence-electron chi connectivity index (χ3n) is 3.59. The fourth-order valence-electron chi connectivity index (χ4n) is 2.35. The summed E-state index contributed by atoms with van der Waals surface area (Å²) in [5.74, 6) is 1.16. The number of hydrogen-bond donors (Lipinski definition) is 0. The molecule has 0 aliphatic heterocycles. The molecule has 0 heterocycles. The summed E-state index contributed by atoms with van der Waals surface area (Å²) in [4.78, 5) is 0. The van der Waals surface area contributed by atoms with Crippen LogP contribution in [0.3, 0.4) is 0 Å². The smallest absolute Gasteiger partial charge is 0.416 e. The lowest BCUT2D eigenvalue weighted by Crippen LogP contribution is -2.15. The van der Waals surface area contributed by atoms with Gasteiger partial charge in [-0.25, -0.2) is 4.57 Å². The van der Waals surface area contributed by atoms with Crippen molar-refractivity contribution in [1.29, 1.82) is 0 Å². The second-order valence-corrected chi connectivity index (χ2v) is 7.50. The molecule has 2 aromatic rings. The molecule has 0 bridgehead atoms. The molecule has 0 aliphatic rings. The minimum atomic E-state index is -3.29. The Labute approximate surface area is 132 Å². The minimum Gasteiger partial charge on any atom is -0.416 e. The Kier molecular flexibility index (Phi) is 5.68. The zero-order valence-electron chi connectivity index (χ0n) is 13.4. The quantitative estimate of drug-likeness (QED) is 0.602. The van der Waals surface area contributed by atoms with Crippen molar-refractivity contribution in [2.75, 3.05) is 0 Å². The van der Waals surface area contributed by atoms with Gasteiger partial charge in [0.15, 0.2) is 0 Å². The van der Waals surface area contributed by atoms with Crippen LogP contribution < -0.4 is 9.05 Å². The van der Waals surface area contributed by atoms with Crippen molar-refractivity contribution >= 4 is 7.60 Å². The average molecular weight is 318 g/mol. The van der Waals surface area contributed by atoms with Crippen LogP contribution in [0.5, 0.6) is 11.5 Å². The molecule has 22 heavy (non-hydrogen) atoms. The van der Waals surface area contributed by atoms with Crippen molar-refractivity contribution < 1.29 is 13.6 Å². The van der Waals surface area contributed by atoms with E-state index >= 15 is 0 Å². The largest absolute Gasteiger partial charge is 0.433 e. The first-order valence-electron chi connectivity index (χ1n) is 7.68. The predicted octanol–water partition coefficient (Wildman–Crippen LogP) is 5.83. The van der Waals surface area contributed by atoms with E-state index < -0.39 is 7.60 Å². The average Bonchev–Trinajstić information content (AvgIpc) is 2.49. The summed E-state index contributed by atoms with van der Waals surface area (Å²) in [5.41, 5.74) is 0.932. The van der Waals surface area contributed by atoms with E-state index in [9.17, 15) is 4.57 Å². The zero-order valence-corrected chi connectivity index (χ0v) is 14.3. The third-order valence-corrected chi connectivity index (χ3v) is 6.14. The molecule has 1 atom stereocenters. The number of benzene rings is 2. The first kappa shape index (κ1) is 16.6. The highest BCUT2D eigenvalue weighted by molar-refractivity contribution is 7.55. The highest BCUT2D eigenvalue weighted by Crippen LogP contribution is 2.55. The van der Waals surface area contributed by atoms with E-state index in [-0.39, 0.29) is 5.66 Å². The van der Waals surface area contributed by atoms with E-state index in [1.165, 1.54) is 0 Å². The summed E-state index contributed by atoms with van der Waals surface area (Å²) in [6.07, 6.45) is 1.48. The maximum Gasteiger partial charge on any atom is 0.433 e. The van der Waals surface area contributed by atoms with Gasteiger partial charge in [-0.3, -0.25) is 0 Å². The van der Waals surface area contributed by atoms with Crippen LogP contribution in [0.4, 0.5) is 0 Å². The fraction of sp³-hybridized carbons (Fsp3) is 0.333. The van der Waals surface area contributed by atoms with Gasteiger partial charge in [-0.15, -0.1) is 0 Å². The van der Waals surface area contributed by atoms with Crippen LogP contribution in [0, 0.1) is 6.92 Å². The van der Waals surface area contributed by atoms with E-state index in [0.717, 1.165) is 18.4 Å². The Balaban J connectivity index is 2.31. The van der Waals surface area contributed by atoms with Crippen molar-refractivity contribution in [2.45, 2.75) is 39.3 Å². The van der Waals surface area contributed by atoms with E-state index in [2.05, 4.69) is 0 Å². The molecule has 2 rings (SSSR count). The van der Waals surface area contributed by atoms with Gasteiger partial charge in [-0.05, 0) is 49.6 Å². The van der Waals surface area contributed by atoms with Gasteiger partial charge < -0.3 is 9.05 Å². The molecule has 0 aliphatic carbocycles. The Bertz CT molecular complexity index is 636. The summed E-state index contributed by atoms with van der Waals surface area (Å²) in [5, 5.41) is 0. The van der Waals surface area contributed by atoms with Crippen molar-refractivity contribution in [3.8, 4) is 11.5 Å². The molecule has 0 N–H and O–H groups in total. The lowest BCUT2D eigenvalue weighted by atomic mass is 10.2. The van der Waals surface area contributed by atoms with Gasteiger partial charge in [0.2, 0.25) is 0 Å². The van der Waals surface area contributed by atoms with Gasteiger partial charge in [-0.1, -0.05) is 44.2 Å². The lowest BCUT2D eigenvalue weighted by molar-refractivity contribution is 0.367. The first-order chi connectivity index (χ1) is 10.6. The number of rotatable bonds is 7. The monoisotopic (exact) mass is 318 g/mol. The Morgan fingerprint density at radius 1 is 0.909 bits per heavy atom. The summed E-state index contributed by atoms with van der Waals surface area (Å²) in [6, 6.07) is 16.8. The van der Waals surface area contributed by atoms with E-state index in [1.54, 1.807) is 12.1 Å². The molecule has 0 saturated carbocycles. The summed E-state index contributed by atoms with van der Waals surface area (Å²) in [6.45, 7) is 6.00. The summed E-state index contributed by atoms with van der Waals surface area (Å²) in [7, 11) is -3.29. The standard InChI is InChI=1S/C18H23O3P/c1-4-18(5-2)22(19,20-16-11-7-6-8-12-16)21-17-13-9-10-15(3)14-17/h6-14,18H,4-5H2,1-3H3. The van der Waals surface area contributed by atoms with Crippen molar-refractivity contribution in [3.05, 3.63) is 60.2 Å². The van der Waals surface area contributed by atoms with Crippen molar-refractivity contribution in [3.63, 3.8) is 0 Å². The van der Waals surface area contributed by atoms with Gasteiger partial charge in [0.05, 0.1) is 5.66 Å². The van der Waals surface area contributed by atoms with Gasteiger partial charge in [-0.2, -0.15) is 0 Å². The third kappa shape index (κ3) is 4.14. The highest BCUT2D eigenvalue weighted by Gasteiger charge is 2.36. The fourth-order valence-corrected chi connectivity index (χ4v) is 4.40. The van der Waals surface area contributed by atoms with Gasteiger partial charge in [0.1, 0.15) is 11.5 Å². The molecular formula is C18H23O3P. The van der Waals surface area contributed by atoms with Crippen LogP contribution in [0.1, 0.15) is 32.3 Å². The Morgan fingerprint density at radius 2 is 1.50 bits per heavy atom. The van der Waals surface area contributed by atoms with Crippen LogP contribution in [0.25, 0.3) is 0 Å². The van der Waals surface area contributed by atoms with Gasteiger partial charge >= 0.3 is 7.60 Å². The Morgan fingerprint density at radius 3 is 2.09 bits per heavy atom. The molecule has 0 fully saturated rings. The predicted molar refractivity (Wildman–Crippen MR) is 90.9 cm³/mol. The molecule has 0 spiro atoms. The van der Waals surface area contributed by atoms with Gasteiger partial charge in [0, 0.05) is 0 Å². The molecule has 1 unspecified atom stereocenters. The van der Waals surface area contributed by atoms with E-state index in [0.29, 0.717) is 11.5 Å². The molecule has 118 valence electrons. The Hall–Kier alpha value is -1.73. The molecule has 2 aromatic carbocycles. The number of para-hydroxylation sites is 1. The van der Waals surface area contributed by atoms with E-state index in [1.807, 2.05) is 63.2 Å². The van der Waals surface area contributed by atoms with Crippen molar-refractivity contribution in [1.82, 2.24) is 0 Å². The molecule has 0 amide bonds. The number of hydrogen-bond acceptors (Lipinski definition) is 3. The number of aryl methyl sites for hydroxylation is 1. The second kappa shape index (κ2) is 7.51. The molecule has 0 saturated heterocycles. The zero-order chi connectivity index (χ0) is 16.0. The van der Waals surface area contributed by atoms with Crippen LogP contribution >= 0.6 is 7.60 Å². The van der Waals surface area contributed by atoms with Crippen LogP contribution in [-0.2, 0) is 4.57 Å². The van der Waals surface area contributed by atoms with Crippen LogP contribution in [0.2, 0.25) is 0 Å². The van der Waals surface area contributed by atoms with Crippen LogP contribution in [0.15, 0.2) is 54.6 Å². The van der Waals surface area contributed by atoms with Crippen LogP contribution in [-0.4, -0.2) is 5.66 Å². The molecule has 0 radical (unpaired) electrons. The normalized spacial score (nSPS) is 13.6. The minimum absolute atomic E-state index is 0.131. The lowest BCUT2D eigenvalue weighted by Gasteiger charge is -2.26. The molecule has 4 heteroatoms. The molecule has 3 nitrogen and oxygen atoms in total. The summed E-state index contributed by atoms with van der Waals surface area (Å²) < 4.78 is 25.1. The second-order valence-electron chi connectivity index (χ2n) is 5.32. The summed E-state index contributed by atoms with van der Waals surface area (Å²) >= 11 is 0.